The van der Waals surface area contributed by atoms with Crippen LogP contribution in [0.25, 0.3) is 0 Å². The standard InChI is InChI=1S/C29H36O3Si/c1-29(2,3)25-18-17-23(11-10-16-28-30-19-20-31-28)24(21-25)22-32-33(26-12-6-4-7-13-26)27-14-8-5-9-15-27/h4-9,12-15,17-18,21,28,33H,10-11,16,19-20,22H2,1-3H3. The summed E-state index contributed by atoms with van der Waals surface area (Å²) in [5.74, 6) is 0. The summed E-state index contributed by atoms with van der Waals surface area (Å²) in [6.07, 6.45) is 2.96. The molecule has 0 radical (unpaired) electrons. The number of rotatable bonds is 9. The lowest BCUT2D eigenvalue weighted by Gasteiger charge is -2.23. The van der Waals surface area contributed by atoms with Gasteiger partial charge in [0.15, 0.2) is 6.29 Å². The van der Waals surface area contributed by atoms with E-state index in [-0.39, 0.29) is 11.7 Å². The Kier molecular flexibility index (Phi) is 8.15. The molecule has 1 aliphatic heterocycles. The Bertz CT molecular complexity index is 953. The molecule has 3 aromatic carbocycles. The summed E-state index contributed by atoms with van der Waals surface area (Å²) in [6, 6.07) is 28.4. The Morgan fingerprint density at radius 1 is 0.818 bits per heavy atom. The maximum atomic E-state index is 6.78. The fraction of sp³-hybridized carbons (Fsp3) is 0.379. The molecule has 1 aliphatic rings. The van der Waals surface area contributed by atoms with E-state index >= 15 is 0 Å². The Morgan fingerprint density at radius 3 is 2.00 bits per heavy atom. The molecule has 0 aromatic heterocycles. The van der Waals surface area contributed by atoms with Crippen LogP contribution in [0.4, 0.5) is 0 Å². The van der Waals surface area contributed by atoms with Gasteiger partial charge in [-0.1, -0.05) is 99.6 Å². The minimum absolute atomic E-state index is 0.0357. The molecule has 0 atom stereocenters. The Balaban J connectivity index is 1.54. The first-order valence-corrected chi connectivity index (χ1v) is 13.7. The molecule has 0 N–H and O–H groups in total. The van der Waals surface area contributed by atoms with Gasteiger partial charge in [-0.2, -0.15) is 0 Å². The van der Waals surface area contributed by atoms with Crippen molar-refractivity contribution in [2.75, 3.05) is 13.2 Å². The van der Waals surface area contributed by atoms with Gasteiger partial charge in [0.05, 0.1) is 19.8 Å². The molecule has 3 nitrogen and oxygen atoms in total. The molecule has 33 heavy (non-hydrogen) atoms. The lowest BCUT2D eigenvalue weighted by molar-refractivity contribution is -0.0475. The van der Waals surface area contributed by atoms with Crippen LogP contribution in [0, 0.1) is 0 Å². The van der Waals surface area contributed by atoms with Gasteiger partial charge < -0.3 is 13.9 Å². The molecule has 174 valence electrons. The number of ether oxygens (including phenoxy) is 2. The van der Waals surface area contributed by atoms with Gasteiger partial charge in [-0.15, -0.1) is 0 Å². The quantitative estimate of drug-likeness (QED) is 0.432. The molecule has 0 bridgehead atoms. The fourth-order valence-corrected chi connectivity index (χ4v) is 6.58. The third kappa shape index (κ3) is 6.64. The van der Waals surface area contributed by atoms with Crippen LogP contribution in [-0.4, -0.2) is 28.5 Å². The first-order valence-electron chi connectivity index (χ1n) is 12.1. The maximum absolute atomic E-state index is 6.78. The molecule has 4 rings (SSSR count). The average Bonchev–Trinajstić information content (AvgIpc) is 3.34. The van der Waals surface area contributed by atoms with Crippen molar-refractivity contribution in [2.45, 2.75) is 58.3 Å². The molecule has 4 heteroatoms. The third-order valence-corrected chi connectivity index (χ3v) is 8.74. The Morgan fingerprint density at radius 2 is 1.42 bits per heavy atom. The van der Waals surface area contributed by atoms with E-state index in [1.165, 1.54) is 27.1 Å². The van der Waals surface area contributed by atoms with Crippen molar-refractivity contribution >= 4 is 19.4 Å². The summed E-state index contributed by atoms with van der Waals surface area (Å²) >= 11 is 0. The van der Waals surface area contributed by atoms with Crippen molar-refractivity contribution in [1.82, 2.24) is 0 Å². The zero-order chi connectivity index (χ0) is 23.1. The van der Waals surface area contributed by atoms with Crippen LogP contribution in [0.1, 0.15) is 50.3 Å². The van der Waals surface area contributed by atoms with Gasteiger partial charge in [0.1, 0.15) is 0 Å². The van der Waals surface area contributed by atoms with Gasteiger partial charge in [0.25, 0.3) is 0 Å². The molecule has 1 heterocycles. The predicted octanol–water partition coefficient (Wildman–Crippen LogP) is 4.73. The maximum Gasteiger partial charge on any atom is 0.240 e. The van der Waals surface area contributed by atoms with Gasteiger partial charge in [0, 0.05) is 0 Å². The SMILES string of the molecule is CC(C)(C)c1ccc(CCCC2OCCO2)c(CO[SiH](c2ccccc2)c2ccccc2)c1. The van der Waals surface area contributed by atoms with Crippen LogP contribution in [0.2, 0.25) is 0 Å². The van der Waals surface area contributed by atoms with Crippen LogP contribution in [-0.2, 0) is 32.3 Å². The molecule has 0 saturated carbocycles. The zero-order valence-electron chi connectivity index (χ0n) is 20.1. The van der Waals surface area contributed by atoms with Crippen LogP contribution < -0.4 is 10.4 Å². The van der Waals surface area contributed by atoms with Gasteiger partial charge >= 0.3 is 0 Å². The van der Waals surface area contributed by atoms with Gasteiger partial charge in [-0.05, 0) is 51.7 Å². The van der Waals surface area contributed by atoms with Crippen LogP contribution in [0.5, 0.6) is 0 Å². The first kappa shape index (κ1) is 23.9. The van der Waals surface area contributed by atoms with Crippen molar-refractivity contribution in [3.8, 4) is 0 Å². The third-order valence-electron chi connectivity index (χ3n) is 6.26. The molecule has 1 fully saturated rings. The normalized spacial score (nSPS) is 14.8. The van der Waals surface area contributed by atoms with E-state index < -0.39 is 9.04 Å². The lowest BCUT2D eigenvalue weighted by Crippen LogP contribution is -2.44. The number of aryl methyl sites for hydroxylation is 1. The number of hydrogen-bond donors (Lipinski definition) is 0. The summed E-state index contributed by atoms with van der Waals surface area (Å²) in [5.41, 5.74) is 4.13. The molecular weight excluding hydrogens is 424 g/mol. The Labute approximate surface area is 200 Å². The second-order valence-electron chi connectivity index (χ2n) is 9.81. The first-order chi connectivity index (χ1) is 16.0. The van der Waals surface area contributed by atoms with E-state index in [1.54, 1.807) is 0 Å². The predicted molar refractivity (Wildman–Crippen MR) is 138 cm³/mol. The molecule has 0 spiro atoms. The highest BCUT2D eigenvalue weighted by Gasteiger charge is 2.21. The molecular formula is C29H36O3Si. The largest absolute Gasteiger partial charge is 0.407 e. The van der Waals surface area contributed by atoms with Crippen molar-refractivity contribution < 1.29 is 13.9 Å². The summed E-state index contributed by atoms with van der Waals surface area (Å²) < 4.78 is 18.0. The summed E-state index contributed by atoms with van der Waals surface area (Å²) in [7, 11) is -1.78. The highest BCUT2D eigenvalue weighted by Crippen LogP contribution is 2.26. The van der Waals surface area contributed by atoms with Crippen molar-refractivity contribution in [3.05, 3.63) is 95.6 Å². The van der Waals surface area contributed by atoms with E-state index in [9.17, 15) is 0 Å². The van der Waals surface area contributed by atoms with Crippen molar-refractivity contribution in [3.63, 3.8) is 0 Å². The molecule has 0 unspecified atom stereocenters. The smallest absolute Gasteiger partial charge is 0.240 e. The highest BCUT2D eigenvalue weighted by molar-refractivity contribution is 6.80. The monoisotopic (exact) mass is 460 g/mol. The molecule has 3 aromatic rings. The Hall–Kier alpha value is -2.24. The van der Waals surface area contributed by atoms with Crippen LogP contribution >= 0.6 is 0 Å². The zero-order valence-corrected chi connectivity index (χ0v) is 21.3. The molecule has 0 amide bonds. The van der Waals surface area contributed by atoms with E-state index in [0.717, 1.165) is 32.5 Å². The van der Waals surface area contributed by atoms with E-state index in [2.05, 4.69) is 99.6 Å². The topological polar surface area (TPSA) is 27.7 Å². The van der Waals surface area contributed by atoms with E-state index in [0.29, 0.717) is 6.61 Å². The fourth-order valence-electron chi connectivity index (χ4n) is 4.32. The summed E-state index contributed by atoms with van der Waals surface area (Å²) in [5, 5.41) is 2.63. The van der Waals surface area contributed by atoms with Crippen LogP contribution in [0.15, 0.2) is 78.9 Å². The average molecular weight is 461 g/mol. The van der Waals surface area contributed by atoms with Crippen LogP contribution in [0.3, 0.4) is 0 Å². The van der Waals surface area contributed by atoms with Gasteiger partial charge in [0.2, 0.25) is 9.04 Å². The van der Waals surface area contributed by atoms with Crippen molar-refractivity contribution in [2.24, 2.45) is 0 Å². The second-order valence-corrected chi connectivity index (χ2v) is 12.2. The van der Waals surface area contributed by atoms with Gasteiger partial charge in [-0.3, -0.25) is 0 Å². The highest BCUT2D eigenvalue weighted by atomic mass is 28.3. The van der Waals surface area contributed by atoms with Gasteiger partial charge in [-0.25, -0.2) is 0 Å². The molecule has 0 aliphatic carbocycles. The summed E-state index contributed by atoms with van der Waals surface area (Å²) in [4.78, 5) is 0. The minimum Gasteiger partial charge on any atom is -0.407 e. The summed E-state index contributed by atoms with van der Waals surface area (Å²) in [6.45, 7) is 8.88. The molecule has 1 saturated heterocycles. The number of benzene rings is 3. The second kappa shape index (κ2) is 11.3. The number of hydrogen-bond acceptors (Lipinski definition) is 3. The van der Waals surface area contributed by atoms with E-state index in [4.69, 9.17) is 13.9 Å². The van der Waals surface area contributed by atoms with Crippen molar-refractivity contribution in [1.29, 1.82) is 0 Å². The minimum atomic E-state index is -1.78. The lowest BCUT2D eigenvalue weighted by atomic mass is 9.85. The van der Waals surface area contributed by atoms with E-state index in [1.807, 2.05) is 0 Å².